The normalized spacial score (nSPS) is 11.1. The molecule has 0 saturated carbocycles. The van der Waals surface area contributed by atoms with Crippen LogP contribution >= 0.6 is 0 Å². The zero-order valence-electron chi connectivity index (χ0n) is 15.8. The molecule has 152 valence electrons. The van der Waals surface area contributed by atoms with E-state index in [4.69, 9.17) is 4.74 Å². The van der Waals surface area contributed by atoms with Crippen LogP contribution in [0.1, 0.15) is 24.2 Å². The van der Waals surface area contributed by atoms with Crippen LogP contribution in [0.3, 0.4) is 0 Å². The Morgan fingerprint density at radius 3 is 2.14 bits per heavy atom. The molecule has 0 aliphatic heterocycles. The molecule has 0 bridgehead atoms. The third-order valence-electron chi connectivity index (χ3n) is 3.66. The van der Waals surface area contributed by atoms with Crippen LogP contribution in [0, 0.1) is 5.82 Å². The van der Waals surface area contributed by atoms with Gasteiger partial charge in [0.1, 0.15) is 12.4 Å². The van der Waals surface area contributed by atoms with Crippen molar-refractivity contribution in [3.05, 3.63) is 59.9 Å². The van der Waals surface area contributed by atoms with Gasteiger partial charge in [0, 0.05) is 18.3 Å². The molecule has 1 atom stereocenters. The molecular formula is C20H20FN3O5. The molecule has 2 aromatic rings. The molecular weight excluding hydrogens is 381 g/mol. The van der Waals surface area contributed by atoms with Crippen molar-refractivity contribution in [3.8, 4) is 0 Å². The molecule has 29 heavy (non-hydrogen) atoms. The molecule has 0 heterocycles. The number of nitrogens with one attached hydrogen (secondary N) is 3. The summed E-state index contributed by atoms with van der Waals surface area (Å²) in [6.07, 6.45) is -1.12. The number of esters is 1. The Balaban J connectivity index is 1.81. The number of rotatable bonds is 7. The molecule has 3 N–H and O–H groups in total. The maximum absolute atomic E-state index is 13.5. The zero-order valence-corrected chi connectivity index (χ0v) is 15.8. The molecule has 8 nitrogen and oxygen atoms in total. The predicted molar refractivity (Wildman–Crippen MR) is 104 cm³/mol. The van der Waals surface area contributed by atoms with E-state index in [1.807, 2.05) is 0 Å². The minimum absolute atomic E-state index is 0.200. The van der Waals surface area contributed by atoms with Gasteiger partial charge in [0.05, 0.1) is 5.56 Å². The van der Waals surface area contributed by atoms with E-state index in [0.717, 1.165) is 6.07 Å². The van der Waals surface area contributed by atoms with Crippen molar-refractivity contribution in [2.75, 3.05) is 17.2 Å². The van der Waals surface area contributed by atoms with Crippen LogP contribution in [0.4, 0.5) is 15.8 Å². The highest BCUT2D eigenvalue weighted by atomic mass is 19.1. The van der Waals surface area contributed by atoms with Crippen LogP contribution in [-0.2, 0) is 19.1 Å². The number of amides is 3. The Hall–Kier alpha value is -3.75. The molecule has 3 amide bonds. The second-order valence-electron chi connectivity index (χ2n) is 6.04. The van der Waals surface area contributed by atoms with E-state index in [0.29, 0.717) is 11.4 Å². The van der Waals surface area contributed by atoms with Crippen molar-refractivity contribution < 1.29 is 28.3 Å². The second-order valence-corrected chi connectivity index (χ2v) is 6.04. The number of halogens is 1. The lowest BCUT2D eigenvalue weighted by atomic mass is 10.2. The average molecular weight is 401 g/mol. The lowest BCUT2D eigenvalue weighted by molar-refractivity contribution is -0.152. The Labute approximate surface area is 166 Å². The summed E-state index contributed by atoms with van der Waals surface area (Å²) >= 11 is 0. The summed E-state index contributed by atoms with van der Waals surface area (Å²) in [5.74, 6) is -3.12. The fourth-order valence-electron chi connectivity index (χ4n) is 2.27. The Kier molecular flexibility index (Phi) is 7.41. The largest absolute Gasteiger partial charge is 0.451 e. The monoisotopic (exact) mass is 401 g/mol. The van der Waals surface area contributed by atoms with Crippen LogP contribution in [-0.4, -0.2) is 36.3 Å². The van der Waals surface area contributed by atoms with Gasteiger partial charge in [0.25, 0.3) is 11.8 Å². The van der Waals surface area contributed by atoms with E-state index >= 15 is 0 Å². The van der Waals surface area contributed by atoms with Crippen molar-refractivity contribution in [1.82, 2.24) is 5.32 Å². The predicted octanol–water partition coefficient (Wildman–Crippen LogP) is 2.08. The van der Waals surface area contributed by atoms with E-state index in [1.165, 1.54) is 32.0 Å². The molecule has 2 rings (SSSR count). The first kappa shape index (κ1) is 21.5. The third kappa shape index (κ3) is 6.73. The quantitative estimate of drug-likeness (QED) is 0.615. The van der Waals surface area contributed by atoms with Crippen LogP contribution < -0.4 is 16.0 Å². The topological polar surface area (TPSA) is 114 Å². The van der Waals surface area contributed by atoms with E-state index in [2.05, 4.69) is 16.0 Å². The Morgan fingerprint density at radius 1 is 0.966 bits per heavy atom. The number of benzene rings is 2. The van der Waals surface area contributed by atoms with Gasteiger partial charge in [-0.2, -0.15) is 0 Å². The summed E-state index contributed by atoms with van der Waals surface area (Å²) < 4.78 is 18.5. The molecule has 0 fully saturated rings. The standard InChI is InChI=1S/C20H20FN3O5/c1-12(19(27)24-15-9-7-14(8-10-15)23-13(2)25)29-18(26)11-22-20(28)16-5-3-4-6-17(16)21/h3-10,12H,11H2,1-2H3,(H,22,28)(H,23,25)(H,24,27)/t12-/m1/s1. The van der Waals surface area contributed by atoms with Crippen molar-refractivity contribution in [2.45, 2.75) is 20.0 Å². The van der Waals surface area contributed by atoms with Crippen LogP contribution in [0.25, 0.3) is 0 Å². The summed E-state index contributed by atoms with van der Waals surface area (Å²) in [6, 6.07) is 11.7. The maximum atomic E-state index is 13.5. The third-order valence-corrected chi connectivity index (χ3v) is 3.66. The number of ether oxygens (including phenoxy) is 1. The molecule has 9 heteroatoms. The van der Waals surface area contributed by atoms with Crippen LogP contribution in [0.5, 0.6) is 0 Å². The highest BCUT2D eigenvalue weighted by Crippen LogP contribution is 2.14. The summed E-state index contributed by atoms with van der Waals surface area (Å²) in [5, 5.41) is 7.39. The van der Waals surface area contributed by atoms with Gasteiger partial charge in [0.2, 0.25) is 5.91 Å². The van der Waals surface area contributed by atoms with Crippen LogP contribution in [0.2, 0.25) is 0 Å². The van der Waals surface area contributed by atoms with Crippen molar-refractivity contribution in [3.63, 3.8) is 0 Å². The van der Waals surface area contributed by atoms with Gasteiger partial charge in [-0.25, -0.2) is 4.39 Å². The summed E-state index contributed by atoms with van der Waals surface area (Å²) in [7, 11) is 0. The Bertz CT molecular complexity index is 915. The molecule has 0 unspecified atom stereocenters. The molecule has 0 aromatic heterocycles. The highest BCUT2D eigenvalue weighted by molar-refractivity contribution is 5.97. The summed E-state index contributed by atoms with van der Waals surface area (Å²) in [5.41, 5.74) is 0.814. The molecule has 2 aromatic carbocycles. The van der Waals surface area contributed by atoms with Crippen LogP contribution in [0.15, 0.2) is 48.5 Å². The molecule has 0 saturated heterocycles. The maximum Gasteiger partial charge on any atom is 0.326 e. The fraction of sp³-hybridized carbons (Fsp3) is 0.200. The van der Waals surface area contributed by atoms with Gasteiger partial charge in [0.15, 0.2) is 6.10 Å². The number of carbonyl (C=O) groups is 4. The number of anilines is 2. The first-order valence-electron chi connectivity index (χ1n) is 8.67. The van der Waals surface area contributed by atoms with E-state index < -0.39 is 36.2 Å². The average Bonchev–Trinajstić information content (AvgIpc) is 2.67. The SMILES string of the molecule is CC(=O)Nc1ccc(NC(=O)[C@@H](C)OC(=O)CNC(=O)c2ccccc2F)cc1. The number of carbonyl (C=O) groups excluding carboxylic acids is 4. The van der Waals surface area contributed by atoms with Crippen molar-refractivity contribution >= 4 is 35.1 Å². The second kappa shape index (κ2) is 9.98. The van der Waals surface area contributed by atoms with E-state index in [9.17, 15) is 23.6 Å². The smallest absolute Gasteiger partial charge is 0.326 e. The summed E-state index contributed by atoms with van der Waals surface area (Å²) in [6.45, 7) is 2.23. The van der Waals surface area contributed by atoms with Gasteiger partial charge in [-0.3, -0.25) is 19.2 Å². The first-order valence-corrected chi connectivity index (χ1v) is 8.67. The summed E-state index contributed by atoms with van der Waals surface area (Å²) in [4.78, 5) is 46.8. The molecule has 0 radical (unpaired) electrons. The van der Waals surface area contributed by atoms with Gasteiger partial charge >= 0.3 is 5.97 Å². The number of hydrogen-bond donors (Lipinski definition) is 3. The molecule has 0 aliphatic carbocycles. The first-order chi connectivity index (χ1) is 13.8. The zero-order chi connectivity index (χ0) is 21.4. The highest BCUT2D eigenvalue weighted by Gasteiger charge is 2.19. The van der Waals surface area contributed by atoms with Gasteiger partial charge in [-0.1, -0.05) is 12.1 Å². The number of hydrogen-bond acceptors (Lipinski definition) is 5. The lowest BCUT2D eigenvalue weighted by Gasteiger charge is -2.14. The molecule has 0 spiro atoms. The molecule has 0 aliphatic rings. The van der Waals surface area contributed by atoms with Crippen molar-refractivity contribution in [1.29, 1.82) is 0 Å². The van der Waals surface area contributed by atoms with E-state index in [-0.39, 0.29) is 11.5 Å². The Morgan fingerprint density at radius 2 is 1.55 bits per heavy atom. The minimum atomic E-state index is -1.12. The van der Waals surface area contributed by atoms with Gasteiger partial charge in [-0.05, 0) is 43.3 Å². The van der Waals surface area contributed by atoms with Gasteiger partial charge in [-0.15, -0.1) is 0 Å². The minimum Gasteiger partial charge on any atom is -0.451 e. The fourth-order valence-corrected chi connectivity index (χ4v) is 2.27. The van der Waals surface area contributed by atoms with Crippen molar-refractivity contribution in [2.24, 2.45) is 0 Å². The lowest BCUT2D eigenvalue weighted by Crippen LogP contribution is -2.36. The van der Waals surface area contributed by atoms with Gasteiger partial charge < -0.3 is 20.7 Å². The van der Waals surface area contributed by atoms with E-state index in [1.54, 1.807) is 24.3 Å².